The molecule has 0 spiro atoms. The number of carbonyl (C=O) groups excluding carboxylic acids is 1. The van der Waals surface area contributed by atoms with Crippen molar-refractivity contribution in [1.29, 1.82) is 5.26 Å². The van der Waals surface area contributed by atoms with E-state index in [0.717, 1.165) is 6.07 Å². The molecule has 0 aliphatic rings. The lowest BCUT2D eigenvalue weighted by molar-refractivity contribution is -0.142. The Balaban J connectivity index is 3.10. The molecular weight excluding hydrogens is 289 g/mol. The maximum absolute atomic E-state index is 13.2. The van der Waals surface area contributed by atoms with Crippen LogP contribution >= 0.6 is 15.9 Å². The van der Waals surface area contributed by atoms with Crippen LogP contribution in [0.5, 0.6) is 0 Å². The summed E-state index contributed by atoms with van der Waals surface area (Å²) in [5.74, 6) is -0.949. The molecule has 0 atom stereocenters. The van der Waals surface area contributed by atoms with Gasteiger partial charge in [-0.05, 0) is 30.2 Å². The molecular formula is C12H11BrFNO2. The van der Waals surface area contributed by atoms with Crippen LogP contribution in [0.15, 0.2) is 12.1 Å². The van der Waals surface area contributed by atoms with Crippen molar-refractivity contribution < 1.29 is 13.9 Å². The molecule has 1 rings (SSSR count). The summed E-state index contributed by atoms with van der Waals surface area (Å²) in [5.41, 5.74) is 1.35. The number of halogens is 2. The fourth-order valence-corrected chi connectivity index (χ4v) is 2.14. The first kappa shape index (κ1) is 13.7. The van der Waals surface area contributed by atoms with Crippen molar-refractivity contribution in [1.82, 2.24) is 0 Å². The molecule has 0 heterocycles. The highest BCUT2D eigenvalue weighted by atomic mass is 79.9. The molecule has 0 saturated carbocycles. The molecule has 90 valence electrons. The molecule has 0 amide bonds. The third kappa shape index (κ3) is 3.53. The van der Waals surface area contributed by atoms with Crippen molar-refractivity contribution >= 4 is 21.9 Å². The minimum atomic E-state index is -0.523. The van der Waals surface area contributed by atoms with E-state index in [1.54, 1.807) is 6.92 Å². The van der Waals surface area contributed by atoms with Crippen LogP contribution in [0.25, 0.3) is 0 Å². The number of nitriles is 1. The van der Waals surface area contributed by atoms with Crippen LogP contribution in [0.3, 0.4) is 0 Å². The van der Waals surface area contributed by atoms with E-state index >= 15 is 0 Å². The average molecular weight is 300 g/mol. The number of ether oxygens (including phenoxy) is 1. The molecule has 0 aliphatic carbocycles. The Labute approximate surface area is 107 Å². The van der Waals surface area contributed by atoms with E-state index in [-0.39, 0.29) is 18.6 Å². The SMILES string of the molecule is CCOC(=O)Cc1cc(F)cc(C#N)c1CBr. The van der Waals surface area contributed by atoms with Gasteiger partial charge in [0.15, 0.2) is 0 Å². The van der Waals surface area contributed by atoms with E-state index in [1.165, 1.54) is 6.07 Å². The molecule has 5 heteroatoms. The number of nitrogens with zero attached hydrogens (tertiary/aromatic N) is 1. The summed E-state index contributed by atoms with van der Waals surface area (Å²) >= 11 is 3.23. The third-order valence-electron chi connectivity index (χ3n) is 2.20. The molecule has 0 bridgehead atoms. The van der Waals surface area contributed by atoms with E-state index in [4.69, 9.17) is 10.00 Å². The van der Waals surface area contributed by atoms with Gasteiger partial charge >= 0.3 is 5.97 Å². The van der Waals surface area contributed by atoms with Gasteiger partial charge in [-0.15, -0.1) is 0 Å². The first-order chi connectivity index (χ1) is 8.12. The van der Waals surface area contributed by atoms with Gasteiger partial charge in [0, 0.05) is 5.33 Å². The number of esters is 1. The van der Waals surface area contributed by atoms with E-state index in [0.29, 0.717) is 16.5 Å². The van der Waals surface area contributed by atoms with Crippen molar-refractivity contribution in [2.75, 3.05) is 6.61 Å². The lowest BCUT2D eigenvalue weighted by Crippen LogP contribution is -2.10. The molecule has 0 unspecified atom stereocenters. The van der Waals surface area contributed by atoms with Crippen molar-refractivity contribution in [3.05, 3.63) is 34.6 Å². The fraction of sp³-hybridized carbons (Fsp3) is 0.333. The lowest BCUT2D eigenvalue weighted by Gasteiger charge is -2.09. The monoisotopic (exact) mass is 299 g/mol. The summed E-state index contributed by atoms with van der Waals surface area (Å²) in [7, 11) is 0. The summed E-state index contributed by atoms with van der Waals surface area (Å²) < 4.78 is 18.0. The molecule has 1 aromatic rings. The summed E-state index contributed by atoms with van der Waals surface area (Å²) in [6.45, 7) is 1.98. The highest BCUT2D eigenvalue weighted by molar-refractivity contribution is 9.08. The third-order valence-corrected chi connectivity index (χ3v) is 2.76. The van der Waals surface area contributed by atoms with Crippen LogP contribution in [0.2, 0.25) is 0 Å². The maximum Gasteiger partial charge on any atom is 0.310 e. The van der Waals surface area contributed by atoms with Crippen LogP contribution in [-0.4, -0.2) is 12.6 Å². The second-order valence-corrected chi connectivity index (χ2v) is 3.88. The molecule has 1 aromatic carbocycles. The highest BCUT2D eigenvalue weighted by Crippen LogP contribution is 2.20. The normalized spacial score (nSPS) is 9.76. The number of alkyl halides is 1. The molecule has 3 nitrogen and oxygen atoms in total. The van der Waals surface area contributed by atoms with Gasteiger partial charge in [-0.1, -0.05) is 15.9 Å². The predicted octanol–water partition coefficient (Wildman–Crippen LogP) is 2.70. The van der Waals surface area contributed by atoms with Gasteiger partial charge in [0.2, 0.25) is 0 Å². The van der Waals surface area contributed by atoms with Gasteiger partial charge in [-0.25, -0.2) is 4.39 Å². The van der Waals surface area contributed by atoms with Crippen LogP contribution in [-0.2, 0) is 21.3 Å². The Morgan fingerprint density at radius 3 is 2.82 bits per heavy atom. The second kappa shape index (κ2) is 6.36. The van der Waals surface area contributed by atoms with Gasteiger partial charge in [-0.3, -0.25) is 4.79 Å². The first-order valence-corrected chi connectivity index (χ1v) is 6.17. The Morgan fingerprint density at radius 1 is 1.59 bits per heavy atom. The van der Waals surface area contributed by atoms with Crippen molar-refractivity contribution in [3.8, 4) is 6.07 Å². The lowest BCUT2D eigenvalue weighted by atomic mass is 10.0. The van der Waals surface area contributed by atoms with Crippen LogP contribution in [0.1, 0.15) is 23.6 Å². The highest BCUT2D eigenvalue weighted by Gasteiger charge is 2.13. The molecule has 0 saturated heterocycles. The number of benzene rings is 1. The molecule has 0 fully saturated rings. The predicted molar refractivity (Wildman–Crippen MR) is 64.1 cm³/mol. The molecule has 17 heavy (non-hydrogen) atoms. The molecule has 0 N–H and O–H groups in total. The molecule has 0 aromatic heterocycles. The number of hydrogen-bond acceptors (Lipinski definition) is 3. The number of rotatable bonds is 4. The van der Waals surface area contributed by atoms with Crippen molar-refractivity contribution in [2.45, 2.75) is 18.7 Å². The zero-order valence-corrected chi connectivity index (χ0v) is 10.9. The summed E-state index contributed by atoms with van der Waals surface area (Å²) in [6, 6.07) is 4.33. The van der Waals surface area contributed by atoms with Crippen molar-refractivity contribution in [2.24, 2.45) is 0 Å². The van der Waals surface area contributed by atoms with Gasteiger partial charge in [-0.2, -0.15) is 5.26 Å². The quantitative estimate of drug-likeness (QED) is 0.634. The Hall–Kier alpha value is -1.41. The topological polar surface area (TPSA) is 50.1 Å². The van der Waals surface area contributed by atoms with Crippen LogP contribution in [0.4, 0.5) is 4.39 Å². The second-order valence-electron chi connectivity index (χ2n) is 3.32. The zero-order valence-electron chi connectivity index (χ0n) is 9.30. The van der Waals surface area contributed by atoms with E-state index in [2.05, 4.69) is 15.9 Å². The Morgan fingerprint density at radius 2 is 2.29 bits per heavy atom. The van der Waals surface area contributed by atoms with Gasteiger partial charge in [0.25, 0.3) is 0 Å². The summed E-state index contributed by atoms with van der Waals surface area (Å²) in [5, 5.41) is 9.28. The van der Waals surface area contributed by atoms with Crippen LogP contribution < -0.4 is 0 Å². The molecule has 0 radical (unpaired) electrons. The molecule has 0 aliphatic heterocycles. The van der Waals surface area contributed by atoms with E-state index in [9.17, 15) is 9.18 Å². The van der Waals surface area contributed by atoms with Crippen molar-refractivity contribution in [3.63, 3.8) is 0 Å². The summed E-state index contributed by atoms with van der Waals surface area (Å²) in [6.07, 6.45) is -0.0266. The average Bonchev–Trinajstić information content (AvgIpc) is 2.28. The first-order valence-electron chi connectivity index (χ1n) is 5.05. The standard InChI is InChI=1S/C12H11BrFNO2/c1-2-17-12(16)5-8-3-10(14)4-9(7-15)11(8)6-13/h3-4H,2,5-6H2,1H3. The number of hydrogen-bond donors (Lipinski definition) is 0. The Bertz CT molecular complexity index is 468. The van der Waals surface area contributed by atoms with E-state index in [1.807, 2.05) is 6.07 Å². The van der Waals surface area contributed by atoms with E-state index < -0.39 is 11.8 Å². The minimum Gasteiger partial charge on any atom is -0.466 e. The maximum atomic E-state index is 13.2. The smallest absolute Gasteiger partial charge is 0.310 e. The van der Waals surface area contributed by atoms with Gasteiger partial charge in [0.05, 0.1) is 24.7 Å². The van der Waals surface area contributed by atoms with Crippen LogP contribution in [0, 0.1) is 17.1 Å². The van der Waals surface area contributed by atoms with Gasteiger partial charge in [0.1, 0.15) is 5.82 Å². The number of carbonyl (C=O) groups is 1. The van der Waals surface area contributed by atoms with Gasteiger partial charge < -0.3 is 4.74 Å². The Kier molecular flexibility index (Phi) is 5.11. The largest absolute Gasteiger partial charge is 0.466 e. The summed E-state index contributed by atoms with van der Waals surface area (Å²) in [4.78, 5) is 11.3. The fourth-order valence-electron chi connectivity index (χ4n) is 1.48. The zero-order chi connectivity index (χ0) is 12.8. The minimum absolute atomic E-state index is 0.0266.